The van der Waals surface area contributed by atoms with Crippen molar-refractivity contribution in [2.45, 2.75) is 38.5 Å². The highest BCUT2D eigenvalue weighted by molar-refractivity contribution is 6.76. The minimum atomic E-state index is -1.00. The number of benzene rings is 1. The van der Waals surface area contributed by atoms with Crippen LogP contribution in [0.1, 0.15) is 12.0 Å². The smallest absolute Gasteiger partial charge is 0.141 e. The van der Waals surface area contributed by atoms with Crippen LogP contribution in [0.15, 0.2) is 42.5 Å². The molecule has 0 N–H and O–H groups in total. The molecule has 0 aliphatic rings. The van der Waals surface area contributed by atoms with Crippen LogP contribution in [0.4, 0.5) is 0 Å². The molecular weight excluding hydrogens is 224 g/mol. The molecule has 0 amide bonds. The van der Waals surface area contributed by atoms with Crippen LogP contribution >= 0.6 is 0 Å². The molecule has 0 heterocycles. The average molecular weight is 246 g/mol. The van der Waals surface area contributed by atoms with Crippen molar-refractivity contribution in [3.63, 3.8) is 0 Å². The summed E-state index contributed by atoms with van der Waals surface area (Å²) in [6, 6.07) is 11.1. The highest BCUT2D eigenvalue weighted by Gasteiger charge is 2.09. The van der Waals surface area contributed by atoms with E-state index in [1.807, 2.05) is 36.4 Å². The molecule has 17 heavy (non-hydrogen) atoms. The van der Waals surface area contributed by atoms with Crippen molar-refractivity contribution < 1.29 is 4.79 Å². The normalized spacial score (nSPS) is 11.9. The van der Waals surface area contributed by atoms with Gasteiger partial charge < -0.3 is 0 Å². The van der Waals surface area contributed by atoms with Crippen LogP contribution in [0.3, 0.4) is 0 Å². The lowest BCUT2D eigenvalue weighted by molar-refractivity contribution is -0.117. The quantitative estimate of drug-likeness (QED) is 0.546. The highest BCUT2D eigenvalue weighted by Crippen LogP contribution is 2.09. The number of Topliss-reactive ketones (excluding diaryl/α,β-unsaturated/α-hetero) is 1. The minimum Gasteiger partial charge on any atom is -0.299 e. The molecule has 1 nitrogen and oxygen atoms in total. The Labute approximate surface area is 106 Å². The van der Waals surface area contributed by atoms with E-state index in [9.17, 15) is 4.79 Å². The summed E-state index contributed by atoms with van der Waals surface area (Å²) >= 11 is 0. The van der Waals surface area contributed by atoms with E-state index in [1.165, 1.54) is 0 Å². The molecule has 0 aromatic heterocycles. The van der Waals surface area contributed by atoms with Gasteiger partial charge in [0.15, 0.2) is 0 Å². The number of carbonyl (C=O) groups is 1. The van der Waals surface area contributed by atoms with Gasteiger partial charge in [-0.2, -0.15) is 0 Å². The fraction of sp³-hybridized carbons (Fsp3) is 0.400. The van der Waals surface area contributed by atoms with E-state index < -0.39 is 8.07 Å². The zero-order valence-corrected chi connectivity index (χ0v) is 12.1. The molecule has 1 rings (SSSR count). The number of hydrogen-bond acceptors (Lipinski definition) is 1. The molecule has 0 saturated heterocycles. The second kappa shape index (κ2) is 6.55. The molecule has 0 spiro atoms. The van der Waals surface area contributed by atoms with Gasteiger partial charge in [0.1, 0.15) is 5.78 Å². The summed E-state index contributed by atoms with van der Waals surface area (Å²) in [5.41, 5.74) is 1.11. The zero-order chi connectivity index (χ0) is 12.7. The number of ketones is 1. The maximum Gasteiger partial charge on any atom is 0.141 e. The largest absolute Gasteiger partial charge is 0.299 e. The Morgan fingerprint density at radius 2 is 1.76 bits per heavy atom. The monoisotopic (exact) mass is 246 g/mol. The maximum atomic E-state index is 11.7. The van der Waals surface area contributed by atoms with Gasteiger partial charge in [0.05, 0.1) is 0 Å². The maximum absolute atomic E-state index is 11.7. The first-order valence-corrected chi connectivity index (χ1v) is 9.89. The van der Waals surface area contributed by atoms with Crippen LogP contribution in [-0.4, -0.2) is 13.9 Å². The van der Waals surface area contributed by atoms with Crippen molar-refractivity contribution in [1.29, 1.82) is 0 Å². The van der Waals surface area contributed by atoms with Crippen molar-refractivity contribution in [2.24, 2.45) is 0 Å². The summed E-state index contributed by atoms with van der Waals surface area (Å²) in [5, 5.41) is 0. The molecular formula is C15H22OSi. The van der Waals surface area contributed by atoms with E-state index in [-0.39, 0.29) is 0 Å². The fourth-order valence-electron chi connectivity index (χ4n) is 1.55. The summed E-state index contributed by atoms with van der Waals surface area (Å²) in [6.07, 6.45) is 5.33. The van der Waals surface area contributed by atoms with E-state index in [0.717, 1.165) is 11.6 Å². The van der Waals surface area contributed by atoms with Crippen LogP contribution in [0.2, 0.25) is 25.7 Å². The third-order valence-corrected chi connectivity index (χ3v) is 3.95. The third kappa shape index (κ3) is 6.90. The molecule has 0 saturated carbocycles. The van der Waals surface area contributed by atoms with E-state index >= 15 is 0 Å². The van der Waals surface area contributed by atoms with Gasteiger partial charge in [-0.3, -0.25) is 4.79 Å². The number of rotatable bonds is 6. The minimum absolute atomic E-state index is 0.294. The number of carbonyl (C=O) groups excluding carboxylic acids is 1. The predicted octanol–water partition coefficient (Wildman–Crippen LogP) is 4.08. The molecule has 0 radical (unpaired) electrons. The van der Waals surface area contributed by atoms with Gasteiger partial charge >= 0.3 is 0 Å². The molecule has 0 atom stereocenters. The van der Waals surface area contributed by atoms with E-state index in [2.05, 4.69) is 25.7 Å². The lowest BCUT2D eigenvalue weighted by Gasteiger charge is -2.11. The van der Waals surface area contributed by atoms with Crippen LogP contribution < -0.4 is 0 Å². The van der Waals surface area contributed by atoms with Crippen LogP contribution in [0.5, 0.6) is 0 Å². The van der Waals surface area contributed by atoms with Crippen molar-refractivity contribution >= 4 is 13.9 Å². The van der Waals surface area contributed by atoms with Crippen LogP contribution in [0.25, 0.3) is 0 Å². The summed E-state index contributed by atoms with van der Waals surface area (Å²) in [6.45, 7) is 7.01. The Morgan fingerprint density at radius 3 is 2.35 bits per heavy atom. The van der Waals surface area contributed by atoms with Gasteiger partial charge in [0.2, 0.25) is 0 Å². The Hall–Kier alpha value is -1.15. The van der Waals surface area contributed by atoms with Gasteiger partial charge in [-0.05, 0) is 11.6 Å². The van der Waals surface area contributed by atoms with Crippen molar-refractivity contribution in [3.8, 4) is 0 Å². The average Bonchev–Trinajstić information content (AvgIpc) is 2.25. The summed E-state index contributed by atoms with van der Waals surface area (Å²) in [7, 11) is -1.00. The first kappa shape index (κ1) is 13.9. The first-order chi connectivity index (χ1) is 7.97. The Kier molecular flexibility index (Phi) is 5.36. The van der Waals surface area contributed by atoms with Crippen LogP contribution in [-0.2, 0) is 11.2 Å². The molecule has 0 aliphatic heterocycles. The summed E-state index contributed by atoms with van der Waals surface area (Å²) in [4.78, 5) is 11.7. The Bertz CT molecular complexity index is 374. The molecule has 92 valence electrons. The Morgan fingerprint density at radius 1 is 1.12 bits per heavy atom. The molecule has 0 bridgehead atoms. The molecule has 1 aromatic rings. The second-order valence-corrected chi connectivity index (χ2v) is 11.2. The first-order valence-electron chi connectivity index (χ1n) is 6.18. The van der Waals surface area contributed by atoms with E-state index in [0.29, 0.717) is 18.6 Å². The Balaban J connectivity index is 2.31. The molecule has 0 aliphatic carbocycles. The van der Waals surface area contributed by atoms with Gasteiger partial charge in [-0.25, -0.2) is 0 Å². The molecule has 2 heteroatoms. The standard InChI is InChI=1S/C15H22OSi/c1-17(2,3)12-8-7-11-15(16)13-14-9-5-4-6-10-14/h4-10H,11-13H2,1-3H3/b8-7+. The number of hydrogen-bond donors (Lipinski definition) is 0. The SMILES string of the molecule is C[Si](C)(C)C/C=C/CC(=O)Cc1ccccc1. The number of allylic oxidation sites excluding steroid dienone is 2. The highest BCUT2D eigenvalue weighted by atomic mass is 28.3. The second-order valence-electron chi connectivity index (χ2n) is 5.64. The van der Waals surface area contributed by atoms with E-state index in [4.69, 9.17) is 0 Å². The van der Waals surface area contributed by atoms with Crippen molar-refractivity contribution in [1.82, 2.24) is 0 Å². The zero-order valence-electron chi connectivity index (χ0n) is 11.1. The van der Waals surface area contributed by atoms with Crippen molar-refractivity contribution in [3.05, 3.63) is 48.0 Å². The summed E-state index contributed by atoms with van der Waals surface area (Å²) < 4.78 is 0. The molecule has 1 aromatic carbocycles. The lowest BCUT2D eigenvalue weighted by atomic mass is 10.1. The predicted molar refractivity (Wildman–Crippen MR) is 77.1 cm³/mol. The molecule has 0 fully saturated rings. The third-order valence-electron chi connectivity index (χ3n) is 2.49. The van der Waals surface area contributed by atoms with Gasteiger partial charge in [-0.15, -0.1) is 0 Å². The van der Waals surface area contributed by atoms with Crippen LogP contribution in [0, 0.1) is 0 Å². The van der Waals surface area contributed by atoms with Crippen molar-refractivity contribution in [2.75, 3.05) is 0 Å². The van der Waals surface area contributed by atoms with Gasteiger partial charge in [-0.1, -0.05) is 62.1 Å². The fourth-order valence-corrected chi connectivity index (χ4v) is 2.42. The van der Waals surface area contributed by atoms with E-state index in [1.54, 1.807) is 0 Å². The lowest BCUT2D eigenvalue weighted by Crippen LogP contribution is -2.17. The topological polar surface area (TPSA) is 17.1 Å². The molecule has 0 unspecified atom stereocenters. The van der Waals surface area contributed by atoms with Gasteiger partial charge in [0, 0.05) is 20.9 Å². The van der Waals surface area contributed by atoms with Gasteiger partial charge in [0.25, 0.3) is 0 Å². The summed E-state index contributed by atoms with van der Waals surface area (Å²) in [5.74, 6) is 0.294.